The van der Waals surface area contributed by atoms with E-state index >= 15 is 0 Å². The van der Waals surface area contributed by atoms with Crippen molar-refractivity contribution in [1.29, 1.82) is 0 Å². The summed E-state index contributed by atoms with van der Waals surface area (Å²) in [5.41, 5.74) is 0. The molecule has 0 aromatic heterocycles. The van der Waals surface area contributed by atoms with Crippen LogP contribution in [0.2, 0.25) is 25.7 Å². The van der Waals surface area contributed by atoms with Crippen LogP contribution in [0.15, 0.2) is 0 Å². The summed E-state index contributed by atoms with van der Waals surface area (Å²) < 4.78 is 11.6. The van der Waals surface area contributed by atoms with E-state index in [-0.39, 0.29) is 9.28 Å². The highest BCUT2D eigenvalue weighted by atomic mass is 32.1. The van der Waals surface area contributed by atoms with Gasteiger partial charge >= 0.3 is 0 Å². The average Bonchev–Trinajstić information content (AvgIpc) is 2.11. The zero-order valence-corrected chi connectivity index (χ0v) is 15.6. The molecule has 0 amide bonds. The number of hydrogen-bond donors (Lipinski definition) is 1. The lowest BCUT2D eigenvalue weighted by Crippen LogP contribution is -2.41. The van der Waals surface area contributed by atoms with E-state index in [4.69, 9.17) is 8.23 Å². The van der Waals surface area contributed by atoms with Crippen molar-refractivity contribution in [2.45, 2.75) is 32.1 Å². The third-order valence-corrected chi connectivity index (χ3v) is 17.8. The molecule has 0 bridgehead atoms. The smallest absolute Gasteiger partial charge is 0.183 e. The van der Waals surface area contributed by atoms with Crippen LogP contribution in [0.1, 0.15) is 6.42 Å². The van der Waals surface area contributed by atoms with Crippen molar-refractivity contribution in [1.82, 2.24) is 0 Å². The summed E-state index contributed by atoms with van der Waals surface area (Å²) in [6.07, 6.45) is 1.22. The molecule has 0 fully saturated rings. The first-order valence-electron chi connectivity index (χ1n) is 4.79. The maximum Gasteiger partial charge on any atom is 0.183 e. The Morgan fingerprint density at radius 2 is 2.15 bits per heavy atom. The van der Waals surface area contributed by atoms with Gasteiger partial charge in [0.1, 0.15) is 10.5 Å². The number of thiol groups is 1. The van der Waals surface area contributed by atoms with E-state index < -0.39 is 16.9 Å². The van der Waals surface area contributed by atoms with Crippen molar-refractivity contribution < 1.29 is 8.23 Å². The molecule has 0 aliphatic carbocycles. The Kier molecular flexibility index (Phi) is 8.08. The van der Waals surface area contributed by atoms with Crippen molar-refractivity contribution in [2.75, 3.05) is 5.75 Å². The SMILES string of the molecule is C[SiH](CCCS)O[SiH2][Si](C)(C)O[SiH3]. The quantitative estimate of drug-likeness (QED) is 0.508. The summed E-state index contributed by atoms with van der Waals surface area (Å²) in [5.74, 6) is 1.00. The summed E-state index contributed by atoms with van der Waals surface area (Å²) >= 11 is 4.21. The lowest BCUT2D eigenvalue weighted by atomic mass is 10.6. The van der Waals surface area contributed by atoms with Gasteiger partial charge in [0.05, 0.1) is 0 Å². The Morgan fingerprint density at radius 1 is 1.54 bits per heavy atom. The summed E-state index contributed by atoms with van der Waals surface area (Å²) in [4.78, 5) is 0. The highest BCUT2D eigenvalue weighted by Gasteiger charge is 2.22. The number of rotatable bonds is 7. The van der Waals surface area contributed by atoms with E-state index in [1.807, 2.05) is 0 Å². The monoisotopic (exact) mass is 270 g/mol. The van der Waals surface area contributed by atoms with Gasteiger partial charge in [-0.15, -0.1) is 0 Å². The standard InChI is InChI=1S/C6H22O2SSi4/c1-12(6-4-5-9)8-11-13(2,3)7-10/h9,12H,4-6,11H2,1-3,10H3. The van der Waals surface area contributed by atoms with E-state index in [0.717, 1.165) is 16.2 Å². The first kappa shape index (κ1) is 14.1. The van der Waals surface area contributed by atoms with Gasteiger partial charge < -0.3 is 8.23 Å². The van der Waals surface area contributed by atoms with Crippen molar-refractivity contribution >= 4 is 49.3 Å². The van der Waals surface area contributed by atoms with E-state index in [1.165, 1.54) is 12.5 Å². The lowest BCUT2D eigenvalue weighted by Gasteiger charge is -2.22. The van der Waals surface area contributed by atoms with Gasteiger partial charge in [0, 0.05) is 0 Å². The molecule has 2 nitrogen and oxygen atoms in total. The highest BCUT2D eigenvalue weighted by Crippen LogP contribution is 2.04. The molecule has 13 heavy (non-hydrogen) atoms. The molecular formula is C6H22O2SSi4. The Hall–Kier alpha value is 1.14. The van der Waals surface area contributed by atoms with Gasteiger partial charge in [0.15, 0.2) is 26.2 Å². The van der Waals surface area contributed by atoms with Crippen LogP contribution in [-0.4, -0.2) is 42.4 Å². The van der Waals surface area contributed by atoms with E-state index in [2.05, 4.69) is 32.3 Å². The van der Waals surface area contributed by atoms with Crippen LogP contribution < -0.4 is 0 Å². The van der Waals surface area contributed by atoms with Crippen LogP contribution in [-0.2, 0) is 8.23 Å². The molecule has 0 heterocycles. The molecule has 0 spiro atoms. The molecular weight excluding hydrogens is 248 g/mol. The second kappa shape index (κ2) is 7.43. The molecule has 80 valence electrons. The molecule has 0 aromatic rings. The van der Waals surface area contributed by atoms with Gasteiger partial charge in [-0.05, 0) is 37.9 Å². The van der Waals surface area contributed by atoms with E-state index in [1.54, 1.807) is 0 Å². The summed E-state index contributed by atoms with van der Waals surface area (Å²) in [6.45, 7) is 6.87. The lowest BCUT2D eigenvalue weighted by molar-refractivity contribution is 0.588. The minimum Gasteiger partial charge on any atom is -0.464 e. The summed E-state index contributed by atoms with van der Waals surface area (Å²) in [6, 6.07) is 1.28. The topological polar surface area (TPSA) is 18.5 Å². The zero-order valence-electron chi connectivity index (χ0n) is 9.17. The van der Waals surface area contributed by atoms with Crippen molar-refractivity contribution in [2.24, 2.45) is 0 Å². The summed E-state index contributed by atoms with van der Waals surface area (Å²) in [7, 11) is -1.60. The Morgan fingerprint density at radius 3 is 2.62 bits per heavy atom. The van der Waals surface area contributed by atoms with Crippen molar-refractivity contribution in [3.05, 3.63) is 0 Å². The molecule has 0 saturated heterocycles. The molecule has 0 rings (SSSR count). The second-order valence-electron chi connectivity index (χ2n) is 3.95. The predicted molar refractivity (Wildman–Crippen MR) is 74.4 cm³/mol. The molecule has 1 atom stereocenters. The zero-order chi connectivity index (χ0) is 10.3. The van der Waals surface area contributed by atoms with E-state index in [0.29, 0.717) is 0 Å². The normalized spacial score (nSPS) is 15.7. The van der Waals surface area contributed by atoms with Gasteiger partial charge in [-0.2, -0.15) is 12.6 Å². The van der Waals surface area contributed by atoms with E-state index in [9.17, 15) is 0 Å². The minimum absolute atomic E-state index is 0.348. The second-order valence-corrected chi connectivity index (χ2v) is 19.3. The van der Waals surface area contributed by atoms with Crippen LogP contribution in [0.5, 0.6) is 0 Å². The molecule has 0 N–H and O–H groups in total. The summed E-state index contributed by atoms with van der Waals surface area (Å²) in [5, 5.41) is 0. The fraction of sp³-hybridized carbons (Fsp3) is 1.00. The fourth-order valence-corrected chi connectivity index (χ4v) is 13.3. The largest absolute Gasteiger partial charge is 0.464 e. The Balaban J connectivity index is 3.51. The first-order valence-corrected chi connectivity index (χ1v) is 14.5. The molecule has 1 unspecified atom stereocenters. The molecule has 0 saturated carbocycles. The predicted octanol–water partition coefficient (Wildman–Crippen LogP) is -0.241. The molecule has 0 radical (unpaired) electrons. The van der Waals surface area contributed by atoms with Crippen LogP contribution in [0, 0.1) is 0 Å². The average molecular weight is 271 g/mol. The third-order valence-electron chi connectivity index (χ3n) is 2.04. The third kappa shape index (κ3) is 8.15. The van der Waals surface area contributed by atoms with Crippen LogP contribution in [0.25, 0.3) is 0 Å². The van der Waals surface area contributed by atoms with Crippen molar-refractivity contribution in [3.8, 4) is 0 Å². The molecule has 0 aliphatic rings. The Labute approximate surface area is 95.3 Å². The van der Waals surface area contributed by atoms with Gasteiger partial charge in [0.25, 0.3) is 0 Å². The Bertz CT molecular complexity index is 136. The molecule has 7 heteroatoms. The van der Waals surface area contributed by atoms with Gasteiger partial charge in [-0.1, -0.05) is 0 Å². The van der Waals surface area contributed by atoms with Crippen LogP contribution in [0.4, 0.5) is 0 Å². The maximum atomic E-state index is 6.00. The highest BCUT2D eigenvalue weighted by molar-refractivity contribution is 7.80. The van der Waals surface area contributed by atoms with Crippen LogP contribution in [0.3, 0.4) is 0 Å². The number of hydrogen-bond acceptors (Lipinski definition) is 3. The van der Waals surface area contributed by atoms with Crippen LogP contribution >= 0.6 is 12.6 Å². The van der Waals surface area contributed by atoms with Gasteiger partial charge in [0.2, 0.25) is 0 Å². The molecule has 0 aliphatic heterocycles. The van der Waals surface area contributed by atoms with Gasteiger partial charge in [-0.25, -0.2) is 0 Å². The maximum absolute atomic E-state index is 6.00. The van der Waals surface area contributed by atoms with Crippen molar-refractivity contribution in [3.63, 3.8) is 0 Å². The molecule has 0 aromatic carbocycles. The van der Waals surface area contributed by atoms with Gasteiger partial charge in [-0.3, -0.25) is 0 Å². The minimum atomic E-state index is -1.29. The fourth-order valence-electron chi connectivity index (χ4n) is 0.864. The first-order chi connectivity index (χ1) is 6.02.